The molecule has 10 heteroatoms. The molecule has 0 aromatic heterocycles. The number of carbonyl (C=O) groups is 1. The minimum atomic E-state index is -2.09. The number of aliphatic hydroxyl groups excluding tert-OH is 2. The van der Waals surface area contributed by atoms with Gasteiger partial charge in [0.2, 0.25) is 5.78 Å². The molecule has 3 N–H and O–H groups in total. The molecule has 0 saturated carbocycles. The Balaban J connectivity index is 1.84. The lowest BCUT2D eigenvalue weighted by Gasteiger charge is -2.43. The molecule has 0 bridgehead atoms. The summed E-state index contributed by atoms with van der Waals surface area (Å²) in [5.74, 6) is 0.802. The van der Waals surface area contributed by atoms with Gasteiger partial charge >= 0.3 is 0 Å². The Morgan fingerprint density at radius 3 is 2.44 bits per heavy atom. The van der Waals surface area contributed by atoms with Gasteiger partial charge in [0.1, 0.15) is 47.9 Å². The number of rotatable bonds is 7. The summed E-state index contributed by atoms with van der Waals surface area (Å²) < 4.78 is 33.2. The van der Waals surface area contributed by atoms with Gasteiger partial charge in [-0.15, -0.1) is 0 Å². The highest BCUT2D eigenvalue weighted by molar-refractivity contribution is 6.09. The summed E-state index contributed by atoms with van der Waals surface area (Å²) in [6, 6.07) is 5.97. The van der Waals surface area contributed by atoms with Crippen LogP contribution in [0.4, 0.5) is 0 Å². The van der Waals surface area contributed by atoms with Crippen LogP contribution in [-0.2, 0) is 5.60 Å². The molecule has 0 fully saturated rings. The zero-order chi connectivity index (χ0) is 23.0. The smallest absolute Gasteiger partial charge is 0.210 e. The molecule has 4 rings (SSSR count). The zero-order valence-corrected chi connectivity index (χ0v) is 17.8. The number of fused-ring (bicyclic) bond motifs is 4. The molecule has 1 unspecified atom stereocenters. The van der Waals surface area contributed by atoms with Crippen molar-refractivity contribution in [2.75, 3.05) is 41.2 Å². The van der Waals surface area contributed by atoms with Gasteiger partial charge in [0, 0.05) is 23.8 Å². The van der Waals surface area contributed by atoms with Crippen LogP contribution in [0.5, 0.6) is 34.5 Å². The quantitative estimate of drug-likeness (QED) is 0.555. The van der Waals surface area contributed by atoms with Crippen LogP contribution in [0.1, 0.15) is 15.9 Å². The fourth-order valence-corrected chi connectivity index (χ4v) is 3.82. The third kappa shape index (κ3) is 3.36. The molecule has 2 heterocycles. The van der Waals surface area contributed by atoms with Gasteiger partial charge in [0.15, 0.2) is 23.2 Å². The summed E-state index contributed by atoms with van der Waals surface area (Å²) in [6.45, 7) is -0.897. The average molecular weight is 448 g/mol. The van der Waals surface area contributed by atoms with E-state index in [-0.39, 0.29) is 41.6 Å². The van der Waals surface area contributed by atoms with Crippen molar-refractivity contribution in [1.82, 2.24) is 0 Å². The zero-order valence-electron chi connectivity index (χ0n) is 17.8. The lowest BCUT2D eigenvalue weighted by atomic mass is 9.77. The van der Waals surface area contributed by atoms with E-state index in [1.54, 1.807) is 0 Å². The molecule has 0 saturated heterocycles. The standard InChI is InChI=1S/C22H24O10/c1-27-12-4-17(30-9-11(24)8-23)20-18(5-12)32-19-10-31-14-7-16(29-3)15(28-2)6-13(14)22(19,26)21(20)25/h4-7,11,19,23-24,26H,8-10H2,1-3H3/t11?,19-,22-/m1/s1. The molecule has 2 aliphatic rings. The third-order valence-electron chi connectivity index (χ3n) is 5.51. The Labute approximate surface area is 183 Å². The third-order valence-corrected chi connectivity index (χ3v) is 5.51. The van der Waals surface area contributed by atoms with Crippen LogP contribution in [0.2, 0.25) is 0 Å². The van der Waals surface area contributed by atoms with Crippen molar-refractivity contribution in [1.29, 1.82) is 0 Å². The summed E-state index contributed by atoms with van der Waals surface area (Å²) in [5, 5.41) is 30.4. The molecule has 0 radical (unpaired) electrons. The van der Waals surface area contributed by atoms with Crippen LogP contribution in [0.15, 0.2) is 24.3 Å². The fraction of sp³-hybridized carbons (Fsp3) is 0.409. The molecule has 32 heavy (non-hydrogen) atoms. The Morgan fingerprint density at radius 1 is 1.06 bits per heavy atom. The number of benzene rings is 2. The molecular weight excluding hydrogens is 424 g/mol. The summed E-state index contributed by atoms with van der Waals surface area (Å²) in [5.41, 5.74) is -1.95. The van der Waals surface area contributed by atoms with Crippen LogP contribution in [0.3, 0.4) is 0 Å². The van der Waals surface area contributed by atoms with Crippen LogP contribution < -0.4 is 28.4 Å². The maximum absolute atomic E-state index is 13.7. The number of hydrogen-bond acceptors (Lipinski definition) is 10. The Morgan fingerprint density at radius 2 is 1.78 bits per heavy atom. The van der Waals surface area contributed by atoms with Crippen molar-refractivity contribution in [3.8, 4) is 34.5 Å². The van der Waals surface area contributed by atoms with Crippen LogP contribution in [-0.4, -0.2) is 74.5 Å². The van der Waals surface area contributed by atoms with E-state index < -0.39 is 30.2 Å². The first-order chi connectivity index (χ1) is 15.4. The Hall–Kier alpha value is -3.21. The fourth-order valence-electron chi connectivity index (χ4n) is 3.82. The number of ketones is 1. The van der Waals surface area contributed by atoms with Crippen LogP contribution in [0, 0.1) is 0 Å². The van der Waals surface area contributed by atoms with Crippen LogP contribution in [0.25, 0.3) is 0 Å². The van der Waals surface area contributed by atoms with E-state index in [4.69, 9.17) is 33.5 Å². The van der Waals surface area contributed by atoms with Gasteiger partial charge < -0.3 is 43.7 Å². The van der Waals surface area contributed by atoms with Crippen LogP contribution >= 0.6 is 0 Å². The van der Waals surface area contributed by atoms with Crippen molar-refractivity contribution in [3.05, 3.63) is 35.4 Å². The highest BCUT2D eigenvalue weighted by Crippen LogP contribution is 2.51. The lowest BCUT2D eigenvalue weighted by molar-refractivity contribution is -0.0804. The molecule has 0 spiro atoms. The monoisotopic (exact) mass is 448 g/mol. The van der Waals surface area contributed by atoms with Gasteiger partial charge in [-0.1, -0.05) is 0 Å². The normalized spacial score (nSPS) is 21.8. The highest BCUT2D eigenvalue weighted by Gasteiger charge is 2.57. The van der Waals surface area contributed by atoms with E-state index in [1.807, 2.05) is 0 Å². The molecule has 2 aromatic rings. The molecule has 2 aliphatic heterocycles. The number of hydrogen-bond donors (Lipinski definition) is 3. The van der Waals surface area contributed by atoms with Crippen molar-refractivity contribution >= 4 is 5.78 Å². The topological polar surface area (TPSA) is 133 Å². The SMILES string of the molecule is COc1cc(OCC(O)CO)c2c(c1)O[C@@H]1COc3cc(OC)c(OC)cc3[C@]1(O)C2=O. The van der Waals surface area contributed by atoms with E-state index in [0.29, 0.717) is 17.2 Å². The summed E-state index contributed by atoms with van der Waals surface area (Å²) in [6.07, 6.45) is -2.20. The van der Waals surface area contributed by atoms with E-state index in [9.17, 15) is 15.0 Å². The van der Waals surface area contributed by atoms with E-state index in [0.717, 1.165) is 0 Å². The minimum absolute atomic E-state index is 0.0164. The van der Waals surface area contributed by atoms with Gasteiger partial charge in [-0.25, -0.2) is 0 Å². The maximum Gasteiger partial charge on any atom is 0.210 e. The second kappa shape index (κ2) is 8.38. The number of Topliss-reactive ketones (excluding diaryl/α,β-unsaturated/α-hetero) is 1. The Kier molecular flexibility index (Phi) is 5.76. The van der Waals surface area contributed by atoms with Gasteiger partial charge in [0.25, 0.3) is 0 Å². The first kappa shape index (κ1) is 22.0. The second-order valence-electron chi connectivity index (χ2n) is 7.36. The number of aliphatic hydroxyl groups is 3. The highest BCUT2D eigenvalue weighted by atomic mass is 16.6. The van der Waals surface area contributed by atoms with Gasteiger partial charge in [-0.05, 0) is 6.07 Å². The van der Waals surface area contributed by atoms with Gasteiger partial charge in [0.05, 0.1) is 27.9 Å². The number of ether oxygens (including phenoxy) is 6. The van der Waals surface area contributed by atoms with E-state index >= 15 is 0 Å². The first-order valence-corrected chi connectivity index (χ1v) is 9.84. The lowest BCUT2D eigenvalue weighted by Crippen LogP contribution is -2.57. The average Bonchev–Trinajstić information content (AvgIpc) is 2.82. The molecule has 3 atom stereocenters. The maximum atomic E-state index is 13.7. The minimum Gasteiger partial charge on any atom is -0.496 e. The molecule has 0 aliphatic carbocycles. The van der Waals surface area contributed by atoms with Crippen molar-refractivity contribution < 1.29 is 48.5 Å². The molecule has 0 amide bonds. The predicted molar refractivity (Wildman–Crippen MR) is 109 cm³/mol. The summed E-state index contributed by atoms with van der Waals surface area (Å²) >= 11 is 0. The van der Waals surface area contributed by atoms with Crippen molar-refractivity contribution in [3.63, 3.8) is 0 Å². The Bertz CT molecular complexity index is 1040. The van der Waals surface area contributed by atoms with E-state index in [1.165, 1.54) is 45.6 Å². The molecule has 2 aromatic carbocycles. The summed E-state index contributed by atoms with van der Waals surface area (Å²) in [7, 11) is 4.34. The molecule has 10 nitrogen and oxygen atoms in total. The largest absolute Gasteiger partial charge is 0.496 e. The number of carbonyl (C=O) groups excluding carboxylic acids is 1. The molecule has 172 valence electrons. The van der Waals surface area contributed by atoms with E-state index in [2.05, 4.69) is 0 Å². The second-order valence-corrected chi connectivity index (χ2v) is 7.36. The predicted octanol–water partition coefficient (Wildman–Crippen LogP) is 0.668. The number of methoxy groups -OCH3 is 3. The first-order valence-electron chi connectivity index (χ1n) is 9.84. The van der Waals surface area contributed by atoms with Gasteiger partial charge in [-0.3, -0.25) is 4.79 Å². The van der Waals surface area contributed by atoms with Crippen molar-refractivity contribution in [2.45, 2.75) is 17.8 Å². The van der Waals surface area contributed by atoms with Gasteiger partial charge in [-0.2, -0.15) is 0 Å². The van der Waals surface area contributed by atoms with Crippen molar-refractivity contribution in [2.24, 2.45) is 0 Å². The summed E-state index contributed by atoms with van der Waals surface area (Å²) in [4.78, 5) is 13.7. The molecular formula is C22H24O10.